The molecule has 4 aromatic rings. The average Bonchev–Trinajstić information content (AvgIpc) is 3.50. The van der Waals surface area contributed by atoms with E-state index in [0.29, 0.717) is 47.5 Å². The number of imide groups is 1. The van der Waals surface area contributed by atoms with E-state index in [4.69, 9.17) is 14.2 Å². The van der Waals surface area contributed by atoms with Gasteiger partial charge in [0.2, 0.25) is 17.7 Å². The second-order valence-corrected chi connectivity index (χ2v) is 12.4. The first kappa shape index (κ1) is 36.5. The molecular weight excluding hydrogens is 662 g/mol. The SMILES string of the molecule is COc1cc(-c2cn(C)c(=O)c3c2cnn3C)cc(OC)c1COCC(=O)NCC(C)CCNC(=O)c1ccc(=O)n(C2CCC(=O)NC2=O)c1. The van der Waals surface area contributed by atoms with Crippen molar-refractivity contribution in [1.29, 1.82) is 0 Å². The third-order valence-corrected chi connectivity index (χ3v) is 8.79. The summed E-state index contributed by atoms with van der Waals surface area (Å²) in [7, 11) is 6.45. The number of pyridine rings is 2. The highest BCUT2D eigenvalue weighted by atomic mass is 16.5. The molecule has 4 heterocycles. The highest BCUT2D eigenvalue weighted by Crippen LogP contribution is 2.37. The Balaban J connectivity index is 1.10. The molecule has 16 nitrogen and oxygen atoms in total. The van der Waals surface area contributed by atoms with Crippen molar-refractivity contribution >= 4 is 34.5 Å². The van der Waals surface area contributed by atoms with E-state index in [1.165, 1.54) is 41.7 Å². The van der Waals surface area contributed by atoms with Crippen molar-refractivity contribution in [1.82, 2.24) is 34.9 Å². The van der Waals surface area contributed by atoms with E-state index in [1.54, 1.807) is 31.2 Å². The van der Waals surface area contributed by atoms with Gasteiger partial charge in [-0.15, -0.1) is 0 Å². The van der Waals surface area contributed by atoms with Gasteiger partial charge in [-0.05, 0) is 42.5 Å². The van der Waals surface area contributed by atoms with E-state index in [-0.39, 0.29) is 49.0 Å². The summed E-state index contributed by atoms with van der Waals surface area (Å²) in [6.45, 7) is 2.41. The van der Waals surface area contributed by atoms with Gasteiger partial charge < -0.3 is 34.0 Å². The van der Waals surface area contributed by atoms with Crippen LogP contribution in [-0.2, 0) is 39.8 Å². The number of ether oxygens (including phenoxy) is 3. The lowest BCUT2D eigenvalue weighted by atomic mass is 10.0. The van der Waals surface area contributed by atoms with Gasteiger partial charge in [-0.1, -0.05) is 6.92 Å². The first-order valence-electron chi connectivity index (χ1n) is 16.4. The minimum Gasteiger partial charge on any atom is -0.496 e. The molecule has 1 aliphatic heterocycles. The summed E-state index contributed by atoms with van der Waals surface area (Å²) in [5.74, 6) is -0.719. The molecule has 2 unspecified atom stereocenters. The number of fused-ring (bicyclic) bond motifs is 1. The van der Waals surface area contributed by atoms with E-state index in [9.17, 15) is 28.8 Å². The van der Waals surface area contributed by atoms with Gasteiger partial charge in [-0.25, -0.2) is 0 Å². The van der Waals surface area contributed by atoms with Crippen LogP contribution in [0.4, 0.5) is 0 Å². The van der Waals surface area contributed by atoms with Crippen LogP contribution in [0.5, 0.6) is 11.5 Å². The van der Waals surface area contributed by atoms with Gasteiger partial charge in [0, 0.05) is 63.0 Å². The quantitative estimate of drug-likeness (QED) is 0.161. The van der Waals surface area contributed by atoms with E-state index >= 15 is 0 Å². The van der Waals surface area contributed by atoms with Crippen molar-refractivity contribution in [3.05, 3.63) is 74.7 Å². The minimum absolute atomic E-state index is 0.0168. The average molecular weight is 704 g/mol. The summed E-state index contributed by atoms with van der Waals surface area (Å²) in [4.78, 5) is 74.1. The molecule has 1 aliphatic rings. The number of carbonyl (C=O) groups is 4. The molecule has 0 spiro atoms. The topological polar surface area (TPSA) is 194 Å². The fourth-order valence-electron chi connectivity index (χ4n) is 5.94. The molecule has 0 saturated carbocycles. The third kappa shape index (κ3) is 8.17. The molecule has 3 N–H and O–H groups in total. The molecule has 0 aliphatic carbocycles. The molecule has 1 aromatic carbocycles. The summed E-state index contributed by atoms with van der Waals surface area (Å²) >= 11 is 0. The molecule has 3 aromatic heterocycles. The number of methoxy groups -OCH3 is 2. The Labute approximate surface area is 292 Å². The molecule has 270 valence electrons. The molecule has 0 bridgehead atoms. The number of amides is 4. The second kappa shape index (κ2) is 15.8. The van der Waals surface area contributed by atoms with Crippen molar-refractivity contribution in [3.8, 4) is 22.6 Å². The zero-order valence-electron chi connectivity index (χ0n) is 29.1. The van der Waals surface area contributed by atoms with Crippen LogP contribution in [0, 0.1) is 5.92 Å². The van der Waals surface area contributed by atoms with Gasteiger partial charge in [0.25, 0.3) is 17.0 Å². The Hall–Kier alpha value is -5.77. The maximum atomic E-state index is 12.8. The molecule has 4 amide bonds. The van der Waals surface area contributed by atoms with Gasteiger partial charge in [0.05, 0.1) is 38.2 Å². The fraction of sp³-hybridized carbons (Fsp3) is 0.400. The number of aryl methyl sites for hydroxylation is 2. The standard InChI is InChI=1S/C35H41N7O9/c1-20(10-11-36-33(46)21-6-9-31(45)42(16-21)26-7-8-29(43)39-34(26)47)14-37-30(44)19-51-18-25-27(49-4)12-22(13-28(25)50-5)24-17-40(2)35(48)32-23(24)15-38-41(32)3/h6,9,12-13,15-17,20,26H,7-8,10-11,14,18-19H2,1-5H3,(H,36,46)(H,37,44)(H,39,43,47). The minimum atomic E-state index is -0.863. The van der Waals surface area contributed by atoms with Crippen molar-refractivity contribution < 1.29 is 33.4 Å². The largest absolute Gasteiger partial charge is 0.496 e. The van der Waals surface area contributed by atoms with Crippen molar-refractivity contribution in [3.63, 3.8) is 0 Å². The van der Waals surface area contributed by atoms with Crippen LogP contribution >= 0.6 is 0 Å². The zero-order valence-corrected chi connectivity index (χ0v) is 29.1. The number of nitrogens with one attached hydrogen (secondary N) is 3. The highest BCUT2D eigenvalue weighted by molar-refractivity contribution is 5.99. The van der Waals surface area contributed by atoms with Crippen LogP contribution in [0.1, 0.15) is 48.1 Å². The summed E-state index contributed by atoms with van der Waals surface area (Å²) in [6.07, 6.45) is 5.55. The van der Waals surface area contributed by atoms with E-state index in [0.717, 1.165) is 11.1 Å². The number of rotatable bonds is 14. The van der Waals surface area contributed by atoms with E-state index < -0.39 is 29.3 Å². The third-order valence-electron chi connectivity index (χ3n) is 8.79. The molecule has 5 rings (SSSR count). The van der Waals surface area contributed by atoms with Gasteiger partial charge >= 0.3 is 0 Å². The Bertz CT molecular complexity index is 2070. The lowest BCUT2D eigenvalue weighted by molar-refractivity contribution is -0.135. The Morgan fingerprint density at radius 1 is 1.04 bits per heavy atom. The number of hydrogen-bond acceptors (Lipinski definition) is 10. The van der Waals surface area contributed by atoms with Crippen LogP contribution in [-0.4, -0.2) is 76.5 Å². The van der Waals surface area contributed by atoms with Crippen LogP contribution in [0.25, 0.3) is 22.0 Å². The molecular formula is C35H41N7O9. The number of carbonyl (C=O) groups excluding carboxylic acids is 4. The van der Waals surface area contributed by atoms with Gasteiger partial charge in [0.15, 0.2) is 0 Å². The Kier molecular flexibility index (Phi) is 11.3. The number of hydrogen-bond donors (Lipinski definition) is 3. The zero-order chi connectivity index (χ0) is 36.8. The highest BCUT2D eigenvalue weighted by Gasteiger charge is 2.29. The van der Waals surface area contributed by atoms with Crippen molar-refractivity contribution in [2.75, 3.05) is 33.9 Å². The summed E-state index contributed by atoms with van der Waals surface area (Å²) in [5, 5.41) is 12.8. The monoisotopic (exact) mass is 703 g/mol. The lowest BCUT2D eigenvalue weighted by Crippen LogP contribution is -2.44. The first-order valence-corrected chi connectivity index (χ1v) is 16.4. The molecule has 1 saturated heterocycles. The van der Waals surface area contributed by atoms with Crippen LogP contribution in [0.2, 0.25) is 0 Å². The number of aromatic nitrogens is 4. The summed E-state index contributed by atoms with van der Waals surface area (Å²) in [5.41, 5.74) is 2.20. The van der Waals surface area contributed by atoms with Gasteiger partial charge in [-0.2, -0.15) is 5.10 Å². The first-order chi connectivity index (χ1) is 24.4. The maximum absolute atomic E-state index is 12.8. The van der Waals surface area contributed by atoms with Crippen LogP contribution in [0.3, 0.4) is 0 Å². The molecule has 0 radical (unpaired) electrons. The molecule has 16 heteroatoms. The smallest absolute Gasteiger partial charge is 0.276 e. The number of piperidine rings is 1. The molecule has 2 atom stereocenters. The normalized spacial score (nSPS) is 15.0. The van der Waals surface area contributed by atoms with E-state index in [1.807, 2.05) is 19.1 Å². The number of benzene rings is 1. The summed E-state index contributed by atoms with van der Waals surface area (Å²) in [6, 6.07) is 5.38. The number of nitrogens with zero attached hydrogens (tertiary/aromatic N) is 4. The predicted molar refractivity (Wildman–Crippen MR) is 185 cm³/mol. The van der Waals surface area contributed by atoms with Gasteiger partial charge in [0.1, 0.15) is 29.7 Å². The lowest BCUT2D eigenvalue weighted by Gasteiger charge is -2.23. The molecule has 51 heavy (non-hydrogen) atoms. The Morgan fingerprint density at radius 3 is 2.45 bits per heavy atom. The van der Waals surface area contributed by atoms with Crippen LogP contribution < -0.4 is 36.5 Å². The summed E-state index contributed by atoms with van der Waals surface area (Å²) < 4.78 is 21.3. The van der Waals surface area contributed by atoms with Crippen molar-refractivity contribution in [2.24, 2.45) is 20.0 Å². The van der Waals surface area contributed by atoms with Crippen molar-refractivity contribution in [2.45, 2.75) is 38.8 Å². The maximum Gasteiger partial charge on any atom is 0.276 e. The van der Waals surface area contributed by atoms with E-state index in [2.05, 4.69) is 21.0 Å². The predicted octanol–water partition coefficient (Wildman–Crippen LogP) is 1.18. The van der Waals surface area contributed by atoms with Gasteiger partial charge in [-0.3, -0.25) is 38.8 Å². The molecule has 1 fully saturated rings. The second-order valence-electron chi connectivity index (χ2n) is 12.4. The Morgan fingerprint density at radius 2 is 1.76 bits per heavy atom. The van der Waals surface area contributed by atoms with Crippen LogP contribution in [0.15, 0.2) is 52.4 Å². The fourth-order valence-corrected chi connectivity index (χ4v) is 5.94.